The molecule has 2 amide bonds. The minimum Gasteiger partial charge on any atom is -0.487 e. The summed E-state index contributed by atoms with van der Waals surface area (Å²) in [7, 11) is 0. The van der Waals surface area contributed by atoms with E-state index in [1.165, 1.54) is 30.5 Å². The van der Waals surface area contributed by atoms with Crippen molar-refractivity contribution in [2.24, 2.45) is 5.73 Å². The molecule has 0 aliphatic heterocycles. The van der Waals surface area contributed by atoms with Gasteiger partial charge in [0.05, 0.1) is 5.69 Å². The lowest BCUT2D eigenvalue weighted by Gasteiger charge is -2.13. The first kappa shape index (κ1) is 17.3. The van der Waals surface area contributed by atoms with E-state index in [4.69, 9.17) is 10.5 Å². The average molecular weight is 355 g/mol. The number of carbonyl (C=O) groups is 1. The van der Waals surface area contributed by atoms with Gasteiger partial charge in [-0.1, -0.05) is 18.2 Å². The smallest absolute Gasteiger partial charge is 0.316 e. The summed E-state index contributed by atoms with van der Waals surface area (Å²) < 4.78 is 33.4. The molecule has 7 heteroatoms. The lowest BCUT2D eigenvalue weighted by Crippen LogP contribution is -2.20. The molecule has 3 rings (SSSR count). The molecule has 0 fully saturated rings. The monoisotopic (exact) mass is 355 g/mol. The predicted molar refractivity (Wildman–Crippen MR) is 93.6 cm³/mol. The van der Waals surface area contributed by atoms with Gasteiger partial charge < -0.3 is 15.8 Å². The van der Waals surface area contributed by atoms with Crippen LogP contribution in [0, 0.1) is 11.6 Å². The van der Waals surface area contributed by atoms with Gasteiger partial charge in [-0.3, -0.25) is 4.98 Å². The minimum atomic E-state index is -0.866. The summed E-state index contributed by atoms with van der Waals surface area (Å²) in [5.41, 5.74) is 6.19. The van der Waals surface area contributed by atoms with Crippen LogP contribution in [0.25, 0.3) is 11.3 Å². The molecule has 0 spiro atoms. The van der Waals surface area contributed by atoms with Crippen molar-refractivity contribution < 1.29 is 18.3 Å². The number of urea groups is 1. The molecular formula is C19H15F2N3O2. The van der Waals surface area contributed by atoms with Crippen LogP contribution in [0.2, 0.25) is 0 Å². The number of halogens is 2. The van der Waals surface area contributed by atoms with Gasteiger partial charge in [-0.25, -0.2) is 13.6 Å². The summed E-state index contributed by atoms with van der Waals surface area (Å²) in [6.07, 6.45) is 1.51. The molecule has 3 aromatic rings. The standard InChI is InChI=1S/C19H15F2N3O2/c20-13-8-6-12(7-9-13)11-26-16-5-2-10-23-18(16)14-3-1-4-15(17(14)21)24-19(22)25/h1-10H,11H2,(H3,22,24,25). The number of ether oxygens (including phenoxy) is 1. The summed E-state index contributed by atoms with van der Waals surface area (Å²) in [4.78, 5) is 15.2. The van der Waals surface area contributed by atoms with E-state index in [-0.39, 0.29) is 29.4 Å². The molecule has 26 heavy (non-hydrogen) atoms. The topological polar surface area (TPSA) is 77.2 Å². The molecule has 132 valence electrons. The highest BCUT2D eigenvalue weighted by Gasteiger charge is 2.16. The number of nitrogens with zero attached hydrogens (tertiary/aromatic N) is 1. The Morgan fingerprint density at radius 1 is 1.08 bits per heavy atom. The van der Waals surface area contributed by atoms with Crippen molar-refractivity contribution in [3.05, 3.63) is 78.0 Å². The zero-order chi connectivity index (χ0) is 18.5. The van der Waals surface area contributed by atoms with Crippen LogP contribution in [-0.4, -0.2) is 11.0 Å². The molecule has 0 aliphatic rings. The van der Waals surface area contributed by atoms with Gasteiger partial charge in [0.1, 0.15) is 23.9 Å². The highest BCUT2D eigenvalue weighted by molar-refractivity contribution is 5.89. The number of primary amides is 1. The fraction of sp³-hybridized carbons (Fsp3) is 0.0526. The number of hydrogen-bond acceptors (Lipinski definition) is 3. The number of nitrogens with one attached hydrogen (secondary N) is 1. The van der Waals surface area contributed by atoms with Gasteiger partial charge in [0, 0.05) is 11.8 Å². The SMILES string of the molecule is NC(=O)Nc1cccc(-c2ncccc2OCc2ccc(F)cc2)c1F. The number of aromatic nitrogens is 1. The van der Waals surface area contributed by atoms with Gasteiger partial charge in [0.25, 0.3) is 0 Å². The van der Waals surface area contributed by atoms with Gasteiger partial charge in [-0.05, 0) is 42.0 Å². The summed E-state index contributed by atoms with van der Waals surface area (Å²) in [6.45, 7) is 0.166. The lowest BCUT2D eigenvalue weighted by molar-refractivity contribution is 0.259. The Hall–Kier alpha value is -3.48. The quantitative estimate of drug-likeness (QED) is 0.723. The van der Waals surface area contributed by atoms with Crippen molar-refractivity contribution in [3.63, 3.8) is 0 Å². The number of anilines is 1. The Morgan fingerprint density at radius 3 is 2.58 bits per heavy atom. The third-order valence-electron chi connectivity index (χ3n) is 3.59. The maximum atomic E-state index is 14.7. The molecule has 2 aromatic carbocycles. The van der Waals surface area contributed by atoms with Crippen LogP contribution in [0.3, 0.4) is 0 Å². The molecule has 1 aromatic heterocycles. The zero-order valence-corrected chi connectivity index (χ0v) is 13.6. The zero-order valence-electron chi connectivity index (χ0n) is 13.6. The number of benzene rings is 2. The summed E-state index contributed by atoms with van der Waals surface area (Å²) >= 11 is 0. The normalized spacial score (nSPS) is 10.4. The van der Waals surface area contributed by atoms with Crippen molar-refractivity contribution in [2.45, 2.75) is 6.61 Å². The number of hydrogen-bond donors (Lipinski definition) is 2. The Labute approximate surface area is 148 Å². The van der Waals surface area contributed by atoms with Crippen LogP contribution in [0.15, 0.2) is 60.8 Å². The molecular weight excluding hydrogens is 340 g/mol. The van der Waals surface area contributed by atoms with Crippen molar-refractivity contribution in [3.8, 4) is 17.0 Å². The second-order valence-corrected chi connectivity index (χ2v) is 5.42. The van der Waals surface area contributed by atoms with E-state index in [1.54, 1.807) is 30.3 Å². The summed E-state index contributed by atoms with van der Waals surface area (Å²) in [5.74, 6) is -0.653. The molecule has 0 saturated carbocycles. The highest BCUT2D eigenvalue weighted by Crippen LogP contribution is 2.32. The van der Waals surface area contributed by atoms with Gasteiger partial charge in [0.2, 0.25) is 0 Å². The number of amides is 2. The van der Waals surface area contributed by atoms with Crippen molar-refractivity contribution in [1.29, 1.82) is 0 Å². The molecule has 0 radical (unpaired) electrons. The van der Waals surface area contributed by atoms with Crippen LogP contribution in [0.1, 0.15) is 5.56 Å². The van der Waals surface area contributed by atoms with Gasteiger partial charge in [-0.15, -0.1) is 0 Å². The minimum absolute atomic E-state index is 0.0508. The Morgan fingerprint density at radius 2 is 1.85 bits per heavy atom. The van der Waals surface area contributed by atoms with E-state index in [2.05, 4.69) is 10.3 Å². The largest absolute Gasteiger partial charge is 0.487 e. The number of pyridine rings is 1. The molecule has 3 N–H and O–H groups in total. The van der Waals surface area contributed by atoms with Crippen molar-refractivity contribution >= 4 is 11.7 Å². The second kappa shape index (κ2) is 7.60. The molecule has 0 unspecified atom stereocenters. The number of rotatable bonds is 5. The summed E-state index contributed by atoms with van der Waals surface area (Å²) in [5, 5.41) is 2.23. The Kier molecular flexibility index (Phi) is 5.07. The third kappa shape index (κ3) is 3.94. The number of nitrogens with two attached hydrogens (primary N) is 1. The molecule has 1 heterocycles. The van der Waals surface area contributed by atoms with E-state index in [9.17, 15) is 13.6 Å². The third-order valence-corrected chi connectivity index (χ3v) is 3.59. The fourth-order valence-electron chi connectivity index (χ4n) is 2.40. The van der Waals surface area contributed by atoms with Crippen LogP contribution in [0.5, 0.6) is 5.75 Å². The van der Waals surface area contributed by atoms with E-state index >= 15 is 0 Å². The fourth-order valence-corrected chi connectivity index (χ4v) is 2.40. The lowest BCUT2D eigenvalue weighted by atomic mass is 10.1. The molecule has 0 aliphatic carbocycles. The van der Waals surface area contributed by atoms with Gasteiger partial charge in [-0.2, -0.15) is 0 Å². The highest BCUT2D eigenvalue weighted by atomic mass is 19.1. The van der Waals surface area contributed by atoms with Crippen LogP contribution in [0.4, 0.5) is 19.3 Å². The van der Waals surface area contributed by atoms with Crippen LogP contribution in [-0.2, 0) is 6.61 Å². The Bertz CT molecular complexity index is 930. The van der Waals surface area contributed by atoms with E-state index in [0.717, 1.165) is 5.56 Å². The van der Waals surface area contributed by atoms with Crippen molar-refractivity contribution in [1.82, 2.24) is 4.98 Å². The predicted octanol–water partition coefficient (Wildman–Crippen LogP) is 4.10. The van der Waals surface area contributed by atoms with E-state index in [0.29, 0.717) is 5.75 Å². The van der Waals surface area contributed by atoms with E-state index in [1.807, 2.05) is 0 Å². The molecule has 0 saturated heterocycles. The summed E-state index contributed by atoms with van der Waals surface area (Å²) in [6, 6.07) is 12.8. The first-order valence-electron chi connectivity index (χ1n) is 7.72. The molecule has 5 nitrogen and oxygen atoms in total. The van der Waals surface area contributed by atoms with Gasteiger partial charge >= 0.3 is 6.03 Å². The second-order valence-electron chi connectivity index (χ2n) is 5.42. The molecule has 0 bridgehead atoms. The first-order valence-corrected chi connectivity index (χ1v) is 7.72. The van der Waals surface area contributed by atoms with E-state index < -0.39 is 11.8 Å². The maximum absolute atomic E-state index is 14.7. The average Bonchev–Trinajstić information content (AvgIpc) is 2.63. The first-order chi connectivity index (χ1) is 12.5. The van der Waals surface area contributed by atoms with Crippen LogP contribution >= 0.6 is 0 Å². The van der Waals surface area contributed by atoms with Gasteiger partial charge in [0.15, 0.2) is 5.82 Å². The number of carbonyl (C=O) groups excluding carboxylic acids is 1. The molecule has 0 atom stereocenters. The Balaban J connectivity index is 1.90. The maximum Gasteiger partial charge on any atom is 0.316 e. The van der Waals surface area contributed by atoms with Crippen molar-refractivity contribution in [2.75, 3.05) is 5.32 Å². The van der Waals surface area contributed by atoms with Crippen LogP contribution < -0.4 is 15.8 Å².